The van der Waals surface area contributed by atoms with Crippen LogP contribution in [-0.2, 0) is 4.74 Å². The Balaban J connectivity index is 1.56. The molecule has 20 heavy (non-hydrogen) atoms. The molecule has 1 aliphatic heterocycles. The molecular formula is C14H11BrO5. The van der Waals surface area contributed by atoms with Gasteiger partial charge in [-0.15, -0.1) is 0 Å². The van der Waals surface area contributed by atoms with Crippen LogP contribution in [-0.4, -0.2) is 25.3 Å². The molecule has 0 N–H and O–H groups in total. The van der Waals surface area contributed by atoms with E-state index in [4.69, 9.17) is 18.6 Å². The summed E-state index contributed by atoms with van der Waals surface area (Å²) in [7, 11) is 0. The topological polar surface area (TPSA) is 57.9 Å². The normalized spacial score (nSPS) is 16.8. The Morgan fingerprint density at radius 1 is 1.25 bits per heavy atom. The second-order valence-electron chi connectivity index (χ2n) is 4.20. The summed E-state index contributed by atoms with van der Waals surface area (Å²) in [5.74, 6) is 0.970. The molecule has 0 aliphatic carbocycles. The fourth-order valence-corrected chi connectivity index (χ4v) is 2.12. The van der Waals surface area contributed by atoms with Gasteiger partial charge in [0.25, 0.3) is 0 Å². The van der Waals surface area contributed by atoms with Crippen LogP contribution < -0.4 is 9.47 Å². The molecule has 5 nitrogen and oxygen atoms in total. The number of fused-ring (bicyclic) bond motifs is 1. The molecule has 0 bridgehead atoms. The van der Waals surface area contributed by atoms with Crippen LogP contribution in [0.2, 0.25) is 0 Å². The van der Waals surface area contributed by atoms with Crippen molar-refractivity contribution in [3.63, 3.8) is 0 Å². The molecule has 6 heteroatoms. The van der Waals surface area contributed by atoms with E-state index in [1.54, 1.807) is 12.1 Å². The van der Waals surface area contributed by atoms with Gasteiger partial charge < -0.3 is 18.6 Å². The third-order valence-corrected chi connectivity index (χ3v) is 3.17. The van der Waals surface area contributed by atoms with Crippen LogP contribution in [0.4, 0.5) is 0 Å². The van der Waals surface area contributed by atoms with E-state index in [2.05, 4.69) is 15.9 Å². The maximum absolute atomic E-state index is 11.7. The van der Waals surface area contributed by atoms with Crippen molar-refractivity contribution in [2.75, 3.05) is 13.2 Å². The van der Waals surface area contributed by atoms with Crippen molar-refractivity contribution in [1.29, 1.82) is 0 Å². The van der Waals surface area contributed by atoms with Gasteiger partial charge in [-0.2, -0.15) is 0 Å². The van der Waals surface area contributed by atoms with Gasteiger partial charge in [-0.25, -0.2) is 4.79 Å². The predicted molar refractivity (Wildman–Crippen MR) is 73.0 cm³/mol. The summed E-state index contributed by atoms with van der Waals surface area (Å²) in [6.07, 6.45) is -0.327. The predicted octanol–water partition coefficient (Wildman–Crippen LogP) is 3.04. The second-order valence-corrected chi connectivity index (χ2v) is 4.98. The first-order chi connectivity index (χ1) is 9.72. The minimum absolute atomic E-state index is 0.103. The number of esters is 1. The van der Waals surface area contributed by atoms with Gasteiger partial charge in [0.05, 0.1) is 0 Å². The van der Waals surface area contributed by atoms with E-state index in [0.717, 1.165) is 0 Å². The molecule has 2 aromatic rings. The van der Waals surface area contributed by atoms with E-state index in [-0.39, 0.29) is 18.5 Å². The lowest BCUT2D eigenvalue weighted by molar-refractivity contribution is 0.00862. The molecule has 0 unspecified atom stereocenters. The van der Waals surface area contributed by atoms with Crippen molar-refractivity contribution in [2.45, 2.75) is 6.10 Å². The molecule has 104 valence electrons. The van der Waals surface area contributed by atoms with Crippen LogP contribution in [0.25, 0.3) is 0 Å². The van der Waals surface area contributed by atoms with Crippen molar-refractivity contribution in [1.82, 2.24) is 0 Å². The molecule has 0 fully saturated rings. The molecule has 3 rings (SSSR count). The second kappa shape index (κ2) is 5.58. The number of ether oxygens (including phenoxy) is 3. The monoisotopic (exact) mass is 338 g/mol. The Morgan fingerprint density at radius 3 is 2.80 bits per heavy atom. The summed E-state index contributed by atoms with van der Waals surface area (Å²) >= 11 is 3.13. The van der Waals surface area contributed by atoms with Crippen LogP contribution >= 0.6 is 15.9 Å². The van der Waals surface area contributed by atoms with Crippen molar-refractivity contribution < 1.29 is 23.4 Å². The molecule has 2 heterocycles. The van der Waals surface area contributed by atoms with Gasteiger partial charge in [0.2, 0.25) is 5.76 Å². The maximum atomic E-state index is 11.7. The van der Waals surface area contributed by atoms with E-state index in [1.807, 2.05) is 24.3 Å². The van der Waals surface area contributed by atoms with Gasteiger partial charge in [0, 0.05) is 0 Å². The molecule has 1 aromatic carbocycles. The van der Waals surface area contributed by atoms with E-state index in [1.165, 1.54) is 0 Å². The molecule has 1 atom stereocenters. The summed E-state index contributed by atoms with van der Waals surface area (Å²) in [5.41, 5.74) is 0. The SMILES string of the molecule is O=C(OC[C@H]1COc2ccccc2O1)c1ccc(Br)o1. The highest BCUT2D eigenvalue weighted by atomic mass is 79.9. The number of rotatable bonds is 3. The summed E-state index contributed by atoms with van der Waals surface area (Å²) < 4.78 is 21.9. The minimum atomic E-state index is -0.529. The fourth-order valence-electron chi connectivity index (χ4n) is 1.81. The number of hydrogen-bond donors (Lipinski definition) is 0. The fraction of sp³-hybridized carbons (Fsp3) is 0.214. The summed E-state index contributed by atoms with van der Waals surface area (Å²) in [6, 6.07) is 10.5. The molecule has 0 amide bonds. The highest BCUT2D eigenvalue weighted by molar-refractivity contribution is 9.10. The van der Waals surface area contributed by atoms with Crippen LogP contribution in [0.5, 0.6) is 11.5 Å². The smallest absolute Gasteiger partial charge is 0.374 e. The maximum Gasteiger partial charge on any atom is 0.374 e. The third-order valence-electron chi connectivity index (χ3n) is 2.74. The first kappa shape index (κ1) is 13.1. The van der Waals surface area contributed by atoms with Gasteiger partial charge in [-0.05, 0) is 40.2 Å². The van der Waals surface area contributed by atoms with Crippen molar-refractivity contribution >= 4 is 21.9 Å². The van der Waals surface area contributed by atoms with E-state index >= 15 is 0 Å². The Hall–Kier alpha value is -1.95. The van der Waals surface area contributed by atoms with E-state index < -0.39 is 5.97 Å². The number of carbonyl (C=O) groups excluding carboxylic acids is 1. The van der Waals surface area contributed by atoms with Gasteiger partial charge in [0.15, 0.2) is 22.3 Å². The Bertz CT molecular complexity index is 622. The van der Waals surface area contributed by atoms with Crippen LogP contribution in [0.1, 0.15) is 10.6 Å². The van der Waals surface area contributed by atoms with E-state index in [0.29, 0.717) is 22.8 Å². The number of benzene rings is 1. The van der Waals surface area contributed by atoms with Crippen molar-refractivity contribution in [3.05, 3.63) is 46.8 Å². The Kier molecular flexibility index (Phi) is 3.64. The van der Waals surface area contributed by atoms with Gasteiger partial charge in [0.1, 0.15) is 13.2 Å². The summed E-state index contributed by atoms with van der Waals surface area (Å²) in [4.78, 5) is 11.7. The summed E-state index contributed by atoms with van der Waals surface area (Å²) in [6.45, 7) is 0.442. The van der Waals surface area contributed by atoms with Crippen LogP contribution in [0.15, 0.2) is 45.5 Å². The van der Waals surface area contributed by atoms with Gasteiger partial charge >= 0.3 is 5.97 Å². The quantitative estimate of drug-likeness (QED) is 0.805. The zero-order valence-electron chi connectivity index (χ0n) is 10.4. The first-order valence-corrected chi connectivity index (χ1v) is 6.82. The molecule has 0 saturated carbocycles. The largest absolute Gasteiger partial charge is 0.486 e. The average Bonchev–Trinajstić information content (AvgIpc) is 2.91. The number of furan rings is 1. The highest BCUT2D eigenvalue weighted by Crippen LogP contribution is 2.30. The lowest BCUT2D eigenvalue weighted by Gasteiger charge is -2.25. The van der Waals surface area contributed by atoms with Gasteiger partial charge in [-0.1, -0.05) is 12.1 Å². The number of para-hydroxylation sites is 2. The average molecular weight is 339 g/mol. The zero-order valence-corrected chi connectivity index (χ0v) is 12.0. The number of hydrogen-bond acceptors (Lipinski definition) is 5. The molecule has 1 aliphatic rings. The van der Waals surface area contributed by atoms with Crippen LogP contribution in [0, 0.1) is 0 Å². The number of halogens is 1. The molecular weight excluding hydrogens is 328 g/mol. The zero-order chi connectivity index (χ0) is 13.9. The van der Waals surface area contributed by atoms with Gasteiger partial charge in [-0.3, -0.25) is 0 Å². The standard InChI is InChI=1S/C14H11BrO5/c15-13-6-5-12(20-13)14(16)18-8-9-7-17-10-3-1-2-4-11(10)19-9/h1-6,9H,7-8H2/t9-/m1/s1. The lowest BCUT2D eigenvalue weighted by Crippen LogP contribution is -2.34. The molecule has 0 radical (unpaired) electrons. The van der Waals surface area contributed by atoms with Crippen LogP contribution in [0.3, 0.4) is 0 Å². The van der Waals surface area contributed by atoms with Crippen molar-refractivity contribution in [3.8, 4) is 11.5 Å². The van der Waals surface area contributed by atoms with Crippen molar-refractivity contribution in [2.24, 2.45) is 0 Å². The minimum Gasteiger partial charge on any atom is -0.486 e. The summed E-state index contributed by atoms with van der Waals surface area (Å²) in [5, 5.41) is 0. The first-order valence-electron chi connectivity index (χ1n) is 6.03. The molecule has 1 aromatic heterocycles. The lowest BCUT2D eigenvalue weighted by atomic mass is 10.3. The Morgan fingerprint density at radius 2 is 2.05 bits per heavy atom. The third kappa shape index (κ3) is 2.80. The number of carbonyl (C=O) groups is 1. The molecule has 0 spiro atoms. The molecule has 0 saturated heterocycles. The highest BCUT2D eigenvalue weighted by Gasteiger charge is 2.23. The van der Waals surface area contributed by atoms with E-state index in [9.17, 15) is 4.79 Å². The Labute approximate surface area is 123 Å².